The second kappa shape index (κ2) is 5.96. The summed E-state index contributed by atoms with van der Waals surface area (Å²) >= 11 is 0. The second-order valence-corrected chi connectivity index (χ2v) is 8.06. The van der Waals surface area contributed by atoms with Crippen molar-refractivity contribution in [2.75, 3.05) is 26.3 Å². The predicted octanol–water partition coefficient (Wildman–Crippen LogP) is 2.06. The van der Waals surface area contributed by atoms with Crippen molar-refractivity contribution in [2.45, 2.75) is 19.4 Å². The van der Waals surface area contributed by atoms with Gasteiger partial charge in [-0.15, -0.1) is 0 Å². The van der Waals surface area contributed by atoms with E-state index >= 15 is 0 Å². The Kier molecular flexibility index (Phi) is 3.97. The molecule has 1 aliphatic heterocycles. The van der Waals surface area contributed by atoms with Gasteiger partial charge in [0.05, 0.1) is 13.2 Å². The maximum Gasteiger partial charge on any atom is 0.266 e. The maximum absolute atomic E-state index is 13.0. The number of benzene rings is 2. The molecule has 138 valence electrons. The zero-order valence-corrected chi connectivity index (χ0v) is 15.2. The molecule has 2 N–H and O–H groups in total. The predicted molar refractivity (Wildman–Crippen MR) is 98.8 cm³/mol. The van der Waals surface area contributed by atoms with E-state index in [1.165, 1.54) is 0 Å². The van der Waals surface area contributed by atoms with Gasteiger partial charge in [0.15, 0.2) is 5.60 Å². The molecule has 1 amide bonds. The van der Waals surface area contributed by atoms with Crippen LogP contribution in [0.4, 0.5) is 0 Å². The SMILES string of the molecule is CC(C)(Oc1cccc2ccccc12)C(=O)N1CC2C(C1)C2(CO)CO. The van der Waals surface area contributed by atoms with Crippen molar-refractivity contribution in [2.24, 2.45) is 17.3 Å². The van der Waals surface area contributed by atoms with E-state index in [9.17, 15) is 15.0 Å². The Labute approximate surface area is 153 Å². The van der Waals surface area contributed by atoms with Gasteiger partial charge < -0.3 is 19.8 Å². The standard InChI is InChI=1S/C21H25NO4/c1-20(2,26-18-9-5-7-14-6-3-4-8-15(14)18)19(25)22-10-16-17(11-22)21(16,12-23)13-24/h3-9,16-17,23-24H,10-13H2,1-2H3. The van der Waals surface area contributed by atoms with Crippen LogP contribution in [0, 0.1) is 17.3 Å². The molecule has 0 aromatic heterocycles. The lowest BCUT2D eigenvalue weighted by Gasteiger charge is -2.32. The third kappa shape index (κ3) is 2.49. The maximum atomic E-state index is 13.0. The number of hydrogen-bond donors (Lipinski definition) is 2. The zero-order valence-electron chi connectivity index (χ0n) is 15.2. The highest BCUT2D eigenvalue weighted by Gasteiger charge is 2.68. The molecule has 1 heterocycles. The third-order valence-electron chi connectivity index (χ3n) is 6.19. The molecule has 5 heteroatoms. The summed E-state index contributed by atoms with van der Waals surface area (Å²) in [5.41, 5.74) is -1.38. The summed E-state index contributed by atoms with van der Waals surface area (Å²) in [6.07, 6.45) is 0. The van der Waals surface area contributed by atoms with Gasteiger partial charge in [0, 0.05) is 23.9 Å². The Balaban J connectivity index is 1.50. The summed E-state index contributed by atoms with van der Waals surface area (Å²) in [6, 6.07) is 13.8. The fraction of sp³-hybridized carbons (Fsp3) is 0.476. The second-order valence-electron chi connectivity index (χ2n) is 8.06. The van der Waals surface area contributed by atoms with E-state index < -0.39 is 11.0 Å². The summed E-state index contributed by atoms with van der Waals surface area (Å²) in [5, 5.41) is 21.2. The van der Waals surface area contributed by atoms with E-state index in [2.05, 4.69) is 0 Å². The molecule has 5 nitrogen and oxygen atoms in total. The van der Waals surface area contributed by atoms with Crippen molar-refractivity contribution in [1.82, 2.24) is 4.90 Å². The van der Waals surface area contributed by atoms with Crippen LogP contribution in [-0.2, 0) is 4.79 Å². The average Bonchev–Trinajstić information content (AvgIpc) is 3.00. The first-order valence-electron chi connectivity index (χ1n) is 9.11. The number of ether oxygens (including phenoxy) is 1. The van der Waals surface area contributed by atoms with Crippen LogP contribution in [0.25, 0.3) is 10.8 Å². The van der Waals surface area contributed by atoms with Gasteiger partial charge in [-0.05, 0) is 37.1 Å². The number of nitrogens with zero attached hydrogens (tertiary/aromatic N) is 1. The summed E-state index contributed by atoms with van der Waals surface area (Å²) < 4.78 is 6.15. The molecule has 1 aliphatic carbocycles. The number of amides is 1. The van der Waals surface area contributed by atoms with E-state index in [1.54, 1.807) is 13.8 Å². The van der Waals surface area contributed by atoms with Crippen LogP contribution in [0.2, 0.25) is 0 Å². The van der Waals surface area contributed by atoms with E-state index in [-0.39, 0.29) is 31.0 Å². The normalized spacial score (nSPS) is 23.8. The quantitative estimate of drug-likeness (QED) is 0.861. The van der Waals surface area contributed by atoms with Crippen molar-refractivity contribution in [3.05, 3.63) is 42.5 Å². The number of aliphatic hydroxyl groups is 2. The molecular weight excluding hydrogens is 330 g/mol. The first-order valence-corrected chi connectivity index (χ1v) is 9.11. The van der Waals surface area contributed by atoms with Crippen LogP contribution in [0.1, 0.15) is 13.8 Å². The number of piperidine rings is 1. The lowest BCUT2D eigenvalue weighted by molar-refractivity contribution is -0.145. The van der Waals surface area contributed by atoms with Crippen molar-refractivity contribution in [3.63, 3.8) is 0 Å². The Morgan fingerprint density at radius 2 is 1.73 bits per heavy atom. The highest BCUT2D eigenvalue weighted by molar-refractivity contribution is 5.90. The van der Waals surface area contributed by atoms with Crippen LogP contribution in [0.5, 0.6) is 5.75 Å². The highest BCUT2D eigenvalue weighted by atomic mass is 16.5. The van der Waals surface area contributed by atoms with Crippen LogP contribution in [0.15, 0.2) is 42.5 Å². The molecule has 2 atom stereocenters. The molecule has 2 unspecified atom stereocenters. The highest BCUT2D eigenvalue weighted by Crippen LogP contribution is 2.62. The third-order valence-corrected chi connectivity index (χ3v) is 6.19. The molecular formula is C21H25NO4. The zero-order chi connectivity index (χ0) is 18.5. The number of fused-ring (bicyclic) bond motifs is 2. The minimum Gasteiger partial charge on any atom is -0.477 e. The summed E-state index contributed by atoms with van der Waals surface area (Å²) in [5.74, 6) is 1.03. The molecule has 4 rings (SSSR count). The molecule has 0 bridgehead atoms. The Hall–Kier alpha value is -2.11. The number of hydrogen-bond acceptors (Lipinski definition) is 4. The first-order chi connectivity index (χ1) is 12.4. The van der Waals surface area contributed by atoms with E-state index in [0.29, 0.717) is 18.8 Å². The van der Waals surface area contributed by atoms with Crippen molar-refractivity contribution >= 4 is 16.7 Å². The number of rotatable bonds is 5. The molecule has 2 aromatic carbocycles. The van der Waals surface area contributed by atoms with Gasteiger partial charge in [-0.3, -0.25) is 4.79 Å². The van der Waals surface area contributed by atoms with Crippen molar-refractivity contribution in [1.29, 1.82) is 0 Å². The van der Waals surface area contributed by atoms with Crippen LogP contribution in [-0.4, -0.2) is 52.9 Å². The smallest absolute Gasteiger partial charge is 0.266 e. The van der Waals surface area contributed by atoms with Gasteiger partial charge in [0.2, 0.25) is 0 Å². The Morgan fingerprint density at radius 1 is 1.12 bits per heavy atom. The molecule has 1 saturated carbocycles. The van der Waals surface area contributed by atoms with Crippen molar-refractivity contribution < 1.29 is 19.7 Å². The molecule has 2 fully saturated rings. The van der Waals surface area contributed by atoms with Crippen LogP contribution < -0.4 is 4.74 Å². The fourth-order valence-corrected chi connectivity index (χ4v) is 4.51. The van der Waals surface area contributed by atoms with Gasteiger partial charge in [-0.1, -0.05) is 36.4 Å². The number of carbonyl (C=O) groups excluding carboxylic acids is 1. The lowest BCUT2D eigenvalue weighted by atomic mass is 10.0. The molecule has 0 radical (unpaired) electrons. The fourth-order valence-electron chi connectivity index (χ4n) is 4.51. The minimum atomic E-state index is -0.984. The van der Waals surface area contributed by atoms with Gasteiger partial charge in [-0.25, -0.2) is 0 Å². The molecule has 2 aliphatic rings. The summed E-state index contributed by atoms with van der Waals surface area (Å²) in [6.45, 7) is 4.71. The van der Waals surface area contributed by atoms with Gasteiger partial charge in [-0.2, -0.15) is 0 Å². The van der Waals surface area contributed by atoms with Crippen LogP contribution >= 0.6 is 0 Å². The van der Waals surface area contributed by atoms with Gasteiger partial charge in [0.25, 0.3) is 5.91 Å². The minimum absolute atomic E-state index is 0.0171. The van der Waals surface area contributed by atoms with Gasteiger partial charge in [0.1, 0.15) is 5.75 Å². The Bertz CT molecular complexity index is 824. The number of carbonyl (C=O) groups is 1. The molecule has 26 heavy (non-hydrogen) atoms. The number of aliphatic hydroxyl groups excluding tert-OH is 2. The summed E-state index contributed by atoms with van der Waals surface area (Å²) in [4.78, 5) is 14.8. The topological polar surface area (TPSA) is 70.0 Å². The summed E-state index contributed by atoms with van der Waals surface area (Å²) in [7, 11) is 0. The van der Waals surface area contributed by atoms with E-state index in [0.717, 1.165) is 10.8 Å². The van der Waals surface area contributed by atoms with Crippen LogP contribution in [0.3, 0.4) is 0 Å². The number of likely N-dealkylation sites (tertiary alicyclic amines) is 1. The van der Waals surface area contributed by atoms with E-state index in [1.807, 2.05) is 47.4 Å². The molecule has 1 saturated heterocycles. The lowest BCUT2D eigenvalue weighted by Crippen LogP contribution is -2.49. The van der Waals surface area contributed by atoms with E-state index in [4.69, 9.17) is 4.74 Å². The molecule has 2 aromatic rings. The average molecular weight is 355 g/mol. The molecule has 0 spiro atoms. The van der Waals surface area contributed by atoms with Crippen molar-refractivity contribution in [3.8, 4) is 5.75 Å². The first kappa shape index (κ1) is 17.3. The largest absolute Gasteiger partial charge is 0.477 e. The monoisotopic (exact) mass is 355 g/mol. The Morgan fingerprint density at radius 3 is 2.38 bits per heavy atom. The van der Waals surface area contributed by atoms with Gasteiger partial charge >= 0.3 is 0 Å².